The molecule has 0 saturated carbocycles. The molecule has 5 heavy (non-hydrogen) atoms. The quantitative estimate of drug-likeness (QED) is 0.366. The molecule has 3 heteroatoms. The van der Waals surface area contributed by atoms with Crippen molar-refractivity contribution < 1.29 is 4.79 Å². The third kappa shape index (κ3) is 3.44. The SMILES string of the molecule is B#[N+]C(C)=O. The van der Waals surface area contributed by atoms with Crippen molar-refractivity contribution in [2.45, 2.75) is 6.92 Å². The first-order valence-electron chi connectivity index (χ1n) is 1.19. The third-order valence-corrected chi connectivity index (χ3v) is 0.182. The van der Waals surface area contributed by atoms with E-state index in [0.717, 1.165) is 0 Å². The number of hydrogen-bond donors (Lipinski definition) is 0. The maximum atomic E-state index is 9.52. The summed E-state index contributed by atoms with van der Waals surface area (Å²) in [5.74, 6) is -0.343. The van der Waals surface area contributed by atoms with E-state index < -0.39 is 0 Å². The maximum absolute atomic E-state index is 9.52. The second-order valence-electron chi connectivity index (χ2n) is 0.648. The molecule has 0 rings (SSSR count). The van der Waals surface area contributed by atoms with Gasteiger partial charge >= 0.3 is 29.9 Å². The number of nitrogens with zero attached hydrogens (tertiary/aromatic N) is 1. The molecule has 0 heterocycles. The number of carbonyl (C=O) groups excluding carboxylic acids is 1. The summed E-state index contributed by atoms with van der Waals surface area (Å²) in [4.78, 5) is 9.52. The minimum absolute atomic E-state index is 0.343. The van der Waals surface area contributed by atoms with Crippen molar-refractivity contribution in [2.24, 2.45) is 0 Å². The van der Waals surface area contributed by atoms with E-state index in [1.54, 1.807) is 0 Å². The molecule has 0 aliphatic rings. The zero-order valence-corrected chi connectivity index (χ0v) is 2.93. The van der Waals surface area contributed by atoms with Gasteiger partial charge in [-0.2, -0.15) is 0 Å². The first kappa shape index (κ1) is 4.44. The van der Waals surface area contributed by atoms with E-state index in [2.05, 4.69) is 12.2 Å². The summed E-state index contributed by atoms with van der Waals surface area (Å²) >= 11 is 0. The van der Waals surface area contributed by atoms with Crippen molar-refractivity contribution in [1.29, 1.82) is 0 Å². The first-order valence-corrected chi connectivity index (χ1v) is 1.19. The van der Waals surface area contributed by atoms with Crippen LogP contribution in [0.5, 0.6) is 0 Å². The molecule has 0 N–H and O–H groups in total. The van der Waals surface area contributed by atoms with Gasteiger partial charge in [-0.25, -0.2) is 0 Å². The summed E-state index contributed by atoms with van der Waals surface area (Å²) in [5.41, 5.74) is 0. The van der Waals surface area contributed by atoms with E-state index in [1.807, 2.05) is 0 Å². The number of rotatable bonds is 0. The molecule has 0 aliphatic carbocycles. The van der Waals surface area contributed by atoms with Gasteiger partial charge < -0.3 is 0 Å². The van der Waals surface area contributed by atoms with Gasteiger partial charge in [-0.3, -0.25) is 0 Å². The summed E-state index contributed by atoms with van der Waals surface area (Å²) in [5, 5.41) is 0. The van der Waals surface area contributed by atoms with E-state index in [9.17, 15) is 4.79 Å². The first-order chi connectivity index (χ1) is 2.27. The van der Waals surface area contributed by atoms with Gasteiger partial charge in [0, 0.05) is 0 Å². The molecule has 2 nitrogen and oxygen atoms in total. The molecule has 0 aromatic heterocycles. The van der Waals surface area contributed by atoms with Gasteiger partial charge in [0.05, 0.1) is 0 Å². The second kappa shape index (κ2) is 1.74. The summed E-state index contributed by atoms with van der Waals surface area (Å²) in [7, 11) is 4.45. The van der Waals surface area contributed by atoms with Gasteiger partial charge in [-0.05, 0) is 0 Å². The van der Waals surface area contributed by atoms with Crippen LogP contribution in [0.4, 0.5) is 0 Å². The molecule has 24 valence electrons. The van der Waals surface area contributed by atoms with E-state index in [0.29, 0.717) is 0 Å². The van der Waals surface area contributed by atoms with Crippen LogP contribution in [0.2, 0.25) is 0 Å². The number of hydrogen-bond acceptors (Lipinski definition) is 1. The Morgan fingerprint density at radius 2 is 2.20 bits per heavy atom. The Balaban J connectivity index is 3.35. The Morgan fingerprint density at radius 3 is 2.20 bits per heavy atom. The molecular formula is C2H3BNO+. The molecule has 0 saturated heterocycles. The summed E-state index contributed by atoms with van der Waals surface area (Å²) < 4.78 is 2.75. The van der Waals surface area contributed by atoms with Crippen LogP contribution >= 0.6 is 0 Å². The predicted octanol–water partition coefficient (Wildman–Crippen LogP) is -0.00990. The molecule has 0 atom stereocenters. The molecule has 0 aliphatic heterocycles. The molecule has 0 radical (unpaired) electrons. The second-order valence-corrected chi connectivity index (χ2v) is 0.648. The molecular weight excluding hydrogens is 64.8 g/mol. The molecule has 0 aromatic rings. The van der Waals surface area contributed by atoms with Crippen LogP contribution in [-0.4, -0.2) is 13.4 Å². The van der Waals surface area contributed by atoms with E-state index in [-0.39, 0.29) is 5.91 Å². The van der Waals surface area contributed by atoms with E-state index >= 15 is 0 Å². The third-order valence-electron chi connectivity index (χ3n) is 0.182. The predicted molar refractivity (Wildman–Crippen MR) is 19.8 cm³/mol. The van der Waals surface area contributed by atoms with Crippen LogP contribution in [-0.2, 0) is 4.79 Å². The Labute approximate surface area is 31.0 Å². The minimum atomic E-state index is -0.343. The number of amides is 1. The van der Waals surface area contributed by atoms with Crippen LogP contribution in [0.3, 0.4) is 0 Å². The zero-order chi connectivity index (χ0) is 4.28. The van der Waals surface area contributed by atoms with Crippen LogP contribution in [0.25, 0.3) is 4.74 Å². The average molecular weight is 67.9 g/mol. The van der Waals surface area contributed by atoms with Gasteiger partial charge in [-0.15, -0.1) is 0 Å². The monoisotopic (exact) mass is 68.0 g/mol. The summed E-state index contributed by atoms with van der Waals surface area (Å²) in [6.07, 6.45) is 0. The Hall–Kier alpha value is -0.555. The average Bonchev–Trinajstić information content (AvgIpc) is 1.38. The van der Waals surface area contributed by atoms with Gasteiger partial charge in [0.25, 0.3) is 0 Å². The normalized spacial score (nSPS) is 6.20. The standard InChI is InChI=1S/C2H3BNO/c1-2(5)4-3/h1H3/q+1. The van der Waals surface area contributed by atoms with Crippen LogP contribution in [0, 0.1) is 0 Å². The van der Waals surface area contributed by atoms with Gasteiger partial charge in [0.15, 0.2) is 0 Å². The Kier molecular flexibility index (Phi) is 1.54. The topological polar surface area (TPSA) is 21.4 Å². The molecule has 1 amide bonds. The fraction of sp³-hybridized carbons (Fsp3) is 0.500. The van der Waals surface area contributed by atoms with Crippen LogP contribution < -0.4 is 0 Å². The van der Waals surface area contributed by atoms with Crippen molar-refractivity contribution in [1.82, 2.24) is 0 Å². The van der Waals surface area contributed by atoms with Crippen molar-refractivity contribution in [2.75, 3.05) is 0 Å². The summed E-state index contributed by atoms with van der Waals surface area (Å²) in [6, 6.07) is 0. The fourth-order valence-electron chi connectivity index (χ4n) is 0. The molecule has 0 spiro atoms. The fourth-order valence-corrected chi connectivity index (χ4v) is 0. The molecule has 0 fully saturated rings. The molecule has 0 unspecified atom stereocenters. The van der Waals surface area contributed by atoms with Crippen LogP contribution in [0.1, 0.15) is 6.92 Å². The zero-order valence-electron chi connectivity index (χ0n) is 2.93. The van der Waals surface area contributed by atoms with Crippen molar-refractivity contribution in [3.63, 3.8) is 0 Å². The van der Waals surface area contributed by atoms with Crippen LogP contribution in [0.15, 0.2) is 0 Å². The Morgan fingerprint density at radius 1 is 2.00 bits per heavy atom. The summed E-state index contributed by atoms with van der Waals surface area (Å²) in [6.45, 7) is 1.29. The van der Waals surface area contributed by atoms with Gasteiger partial charge in [0.1, 0.15) is 0 Å². The van der Waals surface area contributed by atoms with Gasteiger partial charge in [-0.1, -0.05) is 0 Å². The number of carbonyl (C=O) groups is 1. The Bertz CT molecular complexity index is 82.1. The van der Waals surface area contributed by atoms with Crippen molar-refractivity contribution >= 4 is 13.4 Å². The van der Waals surface area contributed by atoms with E-state index in [1.165, 1.54) is 6.92 Å². The molecule has 0 bridgehead atoms. The van der Waals surface area contributed by atoms with Crippen molar-refractivity contribution in [3.05, 3.63) is 4.74 Å². The van der Waals surface area contributed by atoms with Gasteiger partial charge in [0.2, 0.25) is 0 Å². The van der Waals surface area contributed by atoms with Crippen molar-refractivity contribution in [3.8, 4) is 0 Å². The molecule has 0 aromatic carbocycles. The van der Waals surface area contributed by atoms with E-state index in [4.69, 9.17) is 0 Å².